The number of hydrogen-bond acceptors (Lipinski definition) is 1. The highest BCUT2D eigenvalue weighted by atomic mass is 19.1. The van der Waals surface area contributed by atoms with Gasteiger partial charge in [0.25, 0.3) is 0 Å². The molecule has 1 nitrogen and oxygen atoms in total. The number of fused-ring (bicyclic) bond motifs is 1. The van der Waals surface area contributed by atoms with E-state index in [1.165, 1.54) is 11.8 Å². The van der Waals surface area contributed by atoms with Gasteiger partial charge >= 0.3 is 0 Å². The number of allylic oxidation sites excluding steroid dienone is 2. The van der Waals surface area contributed by atoms with E-state index in [2.05, 4.69) is 24.9 Å². The second-order valence-corrected chi connectivity index (χ2v) is 4.00. The van der Waals surface area contributed by atoms with Gasteiger partial charge in [0.2, 0.25) is 0 Å². The molecular formula is C12H14FN. The fourth-order valence-corrected chi connectivity index (χ4v) is 1.94. The minimum atomic E-state index is -0.239. The highest BCUT2D eigenvalue weighted by molar-refractivity contribution is 5.70. The number of rotatable bonds is 1. The van der Waals surface area contributed by atoms with Gasteiger partial charge in [0.15, 0.2) is 0 Å². The molecule has 1 aromatic rings. The maximum atomic E-state index is 13.0. The van der Waals surface area contributed by atoms with Crippen LogP contribution >= 0.6 is 0 Å². The molecule has 1 aliphatic carbocycles. The summed E-state index contributed by atoms with van der Waals surface area (Å²) in [4.78, 5) is 4.14. The summed E-state index contributed by atoms with van der Waals surface area (Å²) in [5, 5.41) is 0. The van der Waals surface area contributed by atoms with E-state index in [9.17, 15) is 4.39 Å². The van der Waals surface area contributed by atoms with Crippen LogP contribution in [0.4, 0.5) is 4.39 Å². The highest BCUT2D eigenvalue weighted by Crippen LogP contribution is 2.30. The van der Waals surface area contributed by atoms with Gasteiger partial charge in [0.05, 0.1) is 6.20 Å². The number of hydrogen-bond donors (Lipinski definition) is 0. The van der Waals surface area contributed by atoms with Gasteiger partial charge in [-0.2, -0.15) is 0 Å². The lowest BCUT2D eigenvalue weighted by Gasteiger charge is -2.19. The first kappa shape index (κ1) is 9.38. The normalized spacial score (nSPS) is 15.3. The topological polar surface area (TPSA) is 12.9 Å². The van der Waals surface area contributed by atoms with Crippen molar-refractivity contribution in [2.24, 2.45) is 5.92 Å². The summed E-state index contributed by atoms with van der Waals surface area (Å²) < 4.78 is 13.0. The first-order chi connectivity index (χ1) is 6.68. The van der Waals surface area contributed by atoms with E-state index in [4.69, 9.17) is 0 Å². The molecule has 0 spiro atoms. The zero-order valence-corrected chi connectivity index (χ0v) is 8.55. The summed E-state index contributed by atoms with van der Waals surface area (Å²) >= 11 is 0. The Morgan fingerprint density at radius 3 is 2.93 bits per heavy atom. The lowest BCUT2D eigenvalue weighted by Crippen LogP contribution is -2.06. The van der Waals surface area contributed by atoms with E-state index in [1.807, 2.05) is 0 Å². The lowest BCUT2D eigenvalue weighted by molar-refractivity contribution is 0.616. The number of aryl methyl sites for hydroxylation is 1. The maximum absolute atomic E-state index is 13.0. The molecule has 2 rings (SSSR count). The van der Waals surface area contributed by atoms with Crippen molar-refractivity contribution in [3.05, 3.63) is 35.4 Å². The zero-order valence-electron chi connectivity index (χ0n) is 8.55. The molecule has 0 fully saturated rings. The average Bonchev–Trinajstić information content (AvgIpc) is 2.16. The summed E-state index contributed by atoms with van der Waals surface area (Å²) in [6.07, 6.45) is 5.47. The van der Waals surface area contributed by atoms with Crippen LogP contribution < -0.4 is 0 Å². The Balaban J connectivity index is 2.51. The van der Waals surface area contributed by atoms with Crippen molar-refractivity contribution >= 4 is 5.57 Å². The Morgan fingerprint density at radius 1 is 1.43 bits per heavy atom. The molecule has 0 aromatic carbocycles. The fraction of sp³-hybridized carbons (Fsp3) is 0.417. The van der Waals surface area contributed by atoms with Crippen molar-refractivity contribution in [3.63, 3.8) is 0 Å². The molecule has 74 valence electrons. The summed E-state index contributed by atoms with van der Waals surface area (Å²) in [5.74, 6) is 0.204. The second kappa shape index (κ2) is 3.52. The van der Waals surface area contributed by atoms with Crippen LogP contribution in [0.1, 0.15) is 31.5 Å². The molecule has 0 N–H and O–H groups in total. The third-order valence-corrected chi connectivity index (χ3v) is 2.62. The number of pyridine rings is 1. The third-order valence-electron chi connectivity index (χ3n) is 2.62. The first-order valence-corrected chi connectivity index (χ1v) is 5.03. The molecule has 2 heteroatoms. The Morgan fingerprint density at radius 2 is 2.21 bits per heavy atom. The molecule has 0 saturated heterocycles. The van der Waals surface area contributed by atoms with Crippen LogP contribution in [0, 0.1) is 11.7 Å². The van der Waals surface area contributed by atoms with Crippen molar-refractivity contribution in [1.82, 2.24) is 4.98 Å². The van der Waals surface area contributed by atoms with E-state index >= 15 is 0 Å². The van der Waals surface area contributed by atoms with Crippen LogP contribution in [0.2, 0.25) is 0 Å². The monoisotopic (exact) mass is 191 g/mol. The number of aromatic nitrogens is 1. The highest BCUT2D eigenvalue weighted by Gasteiger charge is 2.16. The smallest absolute Gasteiger partial charge is 0.142 e. The van der Waals surface area contributed by atoms with Gasteiger partial charge in [0, 0.05) is 11.3 Å². The van der Waals surface area contributed by atoms with Crippen LogP contribution in [-0.4, -0.2) is 4.98 Å². The zero-order chi connectivity index (χ0) is 10.1. The lowest BCUT2D eigenvalue weighted by atomic mass is 9.88. The average molecular weight is 191 g/mol. The molecule has 0 radical (unpaired) electrons. The molecule has 14 heavy (non-hydrogen) atoms. The van der Waals surface area contributed by atoms with Gasteiger partial charge in [-0.15, -0.1) is 0 Å². The fourth-order valence-electron chi connectivity index (χ4n) is 1.94. The van der Waals surface area contributed by atoms with E-state index in [1.54, 1.807) is 6.07 Å². The second-order valence-electron chi connectivity index (χ2n) is 4.00. The van der Waals surface area contributed by atoms with Crippen LogP contribution in [0.5, 0.6) is 0 Å². The minimum Gasteiger partial charge on any atom is -0.258 e. The molecule has 0 saturated carbocycles. The molecule has 1 aliphatic rings. The van der Waals surface area contributed by atoms with Gasteiger partial charge in [-0.1, -0.05) is 19.9 Å². The Labute approximate surface area is 83.7 Å². The van der Waals surface area contributed by atoms with Gasteiger partial charge in [-0.05, 0) is 30.4 Å². The summed E-state index contributed by atoms with van der Waals surface area (Å²) in [5.41, 5.74) is 3.28. The summed E-state index contributed by atoms with van der Waals surface area (Å²) in [6.45, 7) is 4.26. The number of halogens is 1. The number of nitrogens with zero attached hydrogens (tertiary/aromatic N) is 1. The molecular weight excluding hydrogens is 177 g/mol. The Kier molecular flexibility index (Phi) is 2.36. The van der Waals surface area contributed by atoms with Crippen molar-refractivity contribution in [1.29, 1.82) is 0 Å². The van der Waals surface area contributed by atoms with Gasteiger partial charge in [-0.3, -0.25) is 4.98 Å². The van der Waals surface area contributed by atoms with Crippen molar-refractivity contribution < 1.29 is 4.39 Å². The summed E-state index contributed by atoms with van der Waals surface area (Å²) in [7, 11) is 0. The van der Waals surface area contributed by atoms with Crippen LogP contribution in [0.3, 0.4) is 0 Å². The van der Waals surface area contributed by atoms with Crippen LogP contribution in [0.25, 0.3) is 5.57 Å². The third kappa shape index (κ3) is 1.57. The van der Waals surface area contributed by atoms with Gasteiger partial charge in [-0.25, -0.2) is 4.39 Å². The van der Waals surface area contributed by atoms with Crippen molar-refractivity contribution in [3.8, 4) is 0 Å². The molecule has 0 atom stereocenters. The predicted octanol–water partition coefficient (Wildman–Crippen LogP) is 3.21. The van der Waals surface area contributed by atoms with E-state index < -0.39 is 0 Å². The Bertz CT molecular complexity index is 380. The predicted molar refractivity (Wildman–Crippen MR) is 55.3 cm³/mol. The molecule has 1 heterocycles. The Hall–Kier alpha value is -1.18. The molecule has 0 unspecified atom stereocenters. The first-order valence-electron chi connectivity index (χ1n) is 5.03. The molecule has 0 bridgehead atoms. The minimum absolute atomic E-state index is 0.239. The molecule has 0 aliphatic heterocycles. The van der Waals surface area contributed by atoms with Crippen molar-refractivity contribution in [2.45, 2.75) is 26.7 Å². The largest absolute Gasteiger partial charge is 0.258 e. The van der Waals surface area contributed by atoms with E-state index in [-0.39, 0.29) is 5.82 Å². The van der Waals surface area contributed by atoms with Crippen molar-refractivity contribution in [2.75, 3.05) is 0 Å². The standard InChI is InChI=1S/C12H14FN/c1-8(2)10-4-3-5-12-11(10)6-9(13)7-14-12/h4,6-8H,3,5H2,1-2H3. The SMILES string of the molecule is CC(C)C1=CCCc2ncc(F)cc21. The van der Waals surface area contributed by atoms with E-state index in [0.29, 0.717) is 5.92 Å². The molecule has 0 amide bonds. The van der Waals surface area contributed by atoms with E-state index in [0.717, 1.165) is 24.1 Å². The van der Waals surface area contributed by atoms with Crippen LogP contribution in [0.15, 0.2) is 18.3 Å². The molecule has 1 aromatic heterocycles. The van der Waals surface area contributed by atoms with Gasteiger partial charge < -0.3 is 0 Å². The van der Waals surface area contributed by atoms with Gasteiger partial charge in [0.1, 0.15) is 5.82 Å². The summed E-state index contributed by atoms with van der Waals surface area (Å²) in [6, 6.07) is 1.60. The quantitative estimate of drug-likeness (QED) is 0.664. The van der Waals surface area contributed by atoms with Crippen LogP contribution in [-0.2, 0) is 6.42 Å². The maximum Gasteiger partial charge on any atom is 0.142 e.